The molecule has 1 aromatic carbocycles. The van der Waals surface area contributed by atoms with Crippen molar-refractivity contribution >= 4 is 23.4 Å². The predicted octanol–water partition coefficient (Wildman–Crippen LogP) is 2.60. The van der Waals surface area contributed by atoms with Gasteiger partial charge in [-0.3, -0.25) is 14.4 Å². The van der Waals surface area contributed by atoms with Gasteiger partial charge in [0.2, 0.25) is 11.8 Å². The van der Waals surface area contributed by atoms with E-state index in [4.69, 9.17) is 4.42 Å². The zero-order chi connectivity index (χ0) is 20.6. The van der Waals surface area contributed by atoms with Gasteiger partial charge in [0, 0.05) is 31.9 Å². The lowest BCUT2D eigenvalue weighted by atomic mass is 10.0. The van der Waals surface area contributed by atoms with Gasteiger partial charge in [-0.05, 0) is 49.9 Å². The first-order valence-electron chi connectivity index (χ1n) is 9.92. The fourth-order valence-corrected chi connectivity index (χ4v) is 3.88. The number of anilines is 1. The van der Waals surface area contributed by atoms with Gasteiger partial charge in [0.1, 0.15) is 5.41 Å². The second-order valence-electron chi connectivity index (χ2n) is 7.86. The molecule has 0 atom stereocenters. The number of para-hydroxylation sites is 1. The highest BCUT2D eigenvalue weighted by Crippen LogP contribution is 2.48. The van der Waals surface area contributed by atoms with Crippen molar-refractivity contribution in [2.75, 3.05) is 31.5 Å². The zero-order valence-corrected chi connectivity index (χ0v) is 16.7. The number of amides is 3. The highest BCUT2D eigenvalue weighted by Gasteiger charge is 2.58. The molecule has 0 unspecified atom stereocenters. The first-order valence-corrected chi connectivity index (χ1v) is 9.92. The Morgan fingerprint density at radius 2 is 1.55 bits per heavy atom. The van der Waals surface area contributed by atoms with Crippen LogP contribution in [0, 0.1) is 19.3 Å². The van der Waals surface area contributed by atoms with Crippen LogP contribution in [0.25, 0.3) is 0 Å². The quantitative estimate of drug-likeness (QED) is 0.807. The lowest BCUT2D eigenvalue weighted by Crippen LogP contribution is -2.53. The van der Waals surface area contributed by atoms with Gasteiger partial charge in [0.05, 0.1) is 6.26 Å². The highest BCUT2D eigenvalue weighted by atomic mass is 16.3. The van der Waals surface area contributed by atoms with Crippen LogP contribution in [-0.2, 0) is 9.59 Å². The van der Waals surface area contributed by atoms with E-state index in [1.807, 2.05) is 32.0 Å². The van der Waals surface area contributed by atoms with Crippen molar-refractivity contribution in [1.82, 2.24) is 9.80 Å². The Kier molecular flexibility index (Phi) is 4.90. The fraction of sp³-hybridized carbons (Fsp3) is 0.409. The largest absolute Gasteiger partial charge is 0.459 e. The van der Waals surface area contributed by atoms with Crippen LogP contribution in [0.15, 0.2) is 41.0 Å². The van der Waals surface area contributed by atoms with Crippen LogP contribution >= 0.6 is 0 Å². The van der Waals surface area contributed by atoms with Gasteiger partial charge in [-0.25, -0.2) is 0 Å². The van der Waals surface area contributed by atoms with Gasteiger partial charge in [-0.15, -0.1) is 0 Å². The van der Waals surface area contributed by atoms with Gasteiger partial charge < -0.3 is 19.5 Å². The maximum absolute atomic E-state index is 13.1. The summed E-state index contributed by atoms with van der Waals surface area (Å²) in [4.78, 5) is 41.9. The third-order valence-electron chi connectivity index (χ3n) is 5.90. The predicted molar refractivity (Wildman–Crippen MR) is 107 cm³/mol. The SMILES string of the molecule is Cc1cccc(C)c1NC(=O)C1(C(=O)N2CCN(C(=O)c3ccco3)CC2)CC1. The van der Waals surface area contributed by atoms with E-state index in [-0.39, 0.29) is 17.7 Å². The van der Waals surface area contributed by atoms with Crippen molar-refractivity contribution < 1.29 is 18.8 Å². The van der Waals surface area contributed by atoms with E-state index < -0.39 is 5.41 Å². The third kappa shape index (κ3) is 3.52. The van der Waals surface area contributed by atoms with Gasteiger partial charge in [0.15, 0.2) is 5.76 Å². The molecule has 1 aliphatic heterocycles. The maximum atomic E-state index is 13.1. The molecule has 2 fully saturated rings. The van der Waals surface area contributed by atoms with Gasteiger partial charge in [-0.1, -0.05) is 18.2 Å². The van der Waals surface area contributed by atoms with Crippen LogP contribution in [-0.4, -0.2) is 53.7 Å². The Balaban J connectivity index is 1.39. The third-order valence-corrected chi connectivity index (χ3v) is 5.90. The summed E-state index contributed by atoms with van der Waals surface area (Å²) in [5.41, 5.74) is 1.77. The number of carbonyl (C=O) groups excluding carboxylic acids is 3. The Labute approximate surface area is 169 Å². The molecule has 0 radical (unpaired) electrons. The van der Waals surface area contributed by atoms with E-state index >= 15 is 0 Å². The van der Waals surface area contributed by atoms with E-state index in [1.165, 1.54) is 6.26 Å². The molecule has 2 aliphatic rings. The summed E-state index contributed by atoms with van der Waals surface area (Å²) in [6.45, 7) is 5.59. The second kappa shape index (κ2) is 7.39. The molecule has 29 heavy (non-hydrogen) atoms. The standard InChI is InChI=1S/C22H25N3O4/c1-15-5-3-6-16(2)18(15)23-20(27)22(8-9-22)21(28)25-12-10-24(11-13-25)19(26)17-7-4-14-29-17/h3-7,14H,8-13H2,1-2H3,(H,23,27). The van der Waals surface area contributed by atoms with Crippen molar-refractivity contribution in [2.24, 2.45) is 5.41 Å². The summed E-state index contributed by atoms with van der Waals surface area (Å²) < 4.78 is 5.17. The molecule has 1 saturated carbocycles. The molecule has 0 bridgehead atoms. The fourth-order valence-electron chi connectivity index (χ4n) is 3.88. The molecule has 1 saturated heterocycles. The highest BCUT2D eigenvalue weighted by molar-refractivity contribution is 6.13. The minimum Gasteiger partial charge on any atom is -0.459 e. The lowest BCUT2D eigenvalue weighted by Gasteiger charge is -2.36. The number of hydrogen-bond acceptors (Lipinski definition) is 4. The molecular weight excluding hydrogens is 370 g/mol. The average molecular weight is 395 g/mol. The lowest BCUT2D eigenvalue weighted by molar-refractivity contribution is -0.143. The number of carbonyl (C=O) groups is 3. The van der Waals surface area contributed by atoms with Crippen LogP contribution in [0.4, 0.5) is 5.69 Å². The van der Waals surface area contributed by atoms with E-state index in [0.717, 1.165) is 16.8 Å². The number of hydrogen-bond donors (Lipinski definition) is 1. The number of nitrogens with one attached hydrogen (secondary N) is 1. The van der Waals surface area contributed by atoms with Crippen LogP contribution in [0.2, 0.25) is 0 Å². The van der Waals surface area contributed by atoms with Crippen molar-refractivity contribution in [3.05, 3.63) is 53.5 Å². The zero-order valence-electron chi connectivity index (χ0n) is 16.7. The van der Waals surface area contributed by atoms with Gasteiger partial charge in [0.25, 0.3) is 5.91 Å². The summed E-state index contributed by atoms with van der Waals surface area (Å²) in [5.74, 6) is -0.229. The summed E-state index contributed by atoms with van der Waals surface area (Å²) in [6.07, 6.45) is 2.60. The molecule has 2 aromatic rings. The minimum atomic E-state index is -0.970. The molecule has 1 aromatic heterocycles. The Morgan fingerprint density at radius 3 is 2.10 bits per heavy atom. The number of piperazine rings is 1. The molecule has 0 spiro atoms. The number of furan rings is 1. The summed E-state index contributed by atoms with van der Waals surface area (Å²) >= 11 is 0. The maximum Gasteiger partial charge on any atom is 0.289 e. The van der Waals surface area contributed by atoms with E-state index in [1.54, 1.807) is 21.9 Å². The Bertz CT molecular complexity index is 919. The van der Waals surface area contributed by atoms with Crippen molar-refractivity contribution in [3.8, 4) is 0 Å². The molecule has 7 nitrogen and oxygen atoms in total. The topological polar surface area (TPSA) is 82.9 Å². The number of benzene rings is 1. The monoisotopic (exact) mass is 395 g/mol. The average Bonchev–Trinajstić information content (AvgIpc) is 3.36. The Morgan fingerprint density at radius 1 is 0.931 bits per heavy atom. The first kappa shape index (κ1) is 19.2. The van der Waals surface area contributed by atoms with Gasteiger partial charge >= 0.3 is 0 Å². The molecule has 4 rings (SSSR count). The summed E-state index contributed by atoms with van der Waals surface area (Å²) in [5, 5.41) is 2.98. The minimum absolute atomic E-state index is 0.133. The normalized spacial score (nSPS) is 17.7. The van der Waals surface area contributed by atoms with Crippen molar-refractivity contribution in [2.45, 2.75) is 26.7 Å². The smallest absolute Gasteiger partial charge is 0.289 e. The molecule has 152 valence electrons. The van der Waals surface area contributed by atoms with E-state index in [9.17, 15) is 14.4 Å². The van der Waals surface area contributed by atoms with E-state index in [2.05, 4.69) is 5.32 Å². The van der Waals surface area contributed by atoms with Gasteiger partial charge in [-0.2, -0.15) is 0 Å². The number of nitrogens with zero attached hydrogens (tertiary/aromatic N) is 2. The molecule has 2 heterocycles. The van der Waals surface area contributed by atoms with Crippen LogP contribution < -0.4 is 5.32 Å². The van der Waals surface area contributed by atoms with Crippen LogP contribution in [0.5, 0.6) is 0 Å². The molecule has 3 amide bonds. The van der Waals surface area contributed by atoms with Crippen LogP contribution in [0.1, 0.15) is 34.5 Å². The summed E-state index contributed by atoms with van der Waals surface area (Å²) in [7, 11) is 0. The van der Waals surface area contributed by atoms with Crippen molar-refractivity contribution in [3.63, 3.8) is 0 Å². The first-order chi connectivity index (χ1) is 13.9. The molecule has 1 aliphatic carbocycles. The number of aryl methyl sites for hydroxylation is 2. The van der Waals surface area contributed by atoms with Crippen molar-refractivity contribution in [1.29, 1.82) is 0 Å². The molecule has 7 heteroatoms. The number of rotatable bonds is 4. The second-order valence-corrected chi connectivity index (χ2v) is 7.86. The Hall–Kier alpha value is -3.09. The molecule has 1 N–H and O–H groups in total. The van der Waals surface area contributed by atoms with Crippen LogP contribution in [0.3, 0.4) is 0 Å². The summed E-state index contributed by atoms with van der Waals surface area (Å²) in [6, 6.07) is 9.15. The molecular formula is C22H25N3O4. The van der Waals surface area contributed by atoms with E-state index in [0.29, 0.717) is 44.8 Å².